The highest BCUT2D eigenvalue weighted by Gasteiger charge is 2.17. The molecule has 1 amide bonds. The number of carbonyl (C=O) groups excluding carboxylic acids is 1. The van der Waals surface area contributed by atoms with Crippen LogP contribution in [0.1, 0.15) is 11.3 Å². The lowest BCUT2D eigenvalue weighted by molar-refractivity contribution is -0.385. The number of aryl methyl sites for hydroxylation is 1. The highest BCUT2D eigenvalue weighted by molar-refractivity contribution is 6.31. The Hall–Kier alpha value is -3.27. The van der Waals surface area contributed by atoms with Crippen molar-refractivity contribution in [3.8, 4) is 0 Å². The smallest absolute Gasteiger partial charge is 0.309 e. The van der Waals surface area contributed by atoms with E-state index in [0.29, 0.717) is 17.8 Å². The zero-order chi connectivity index (χ0) is 19.6. The van der Waals surface area contributed by atoms with E-state index in [2.05, 4.69) is 15.5 Å². The third kappa shape index (κ3) is 4.47. The van der Waals surface area contributed by atoms with Crippen molar-refractivity contribution < 1.29 is 14.1 Å². The maximum atomic E-state index is 13.1. The largest absolute Gasteiger partial charge is 0.322 e. The van der Waals surface area contributed by atoms with Gasteiger partial charge in [-0.15, -0.1) is 0 Å². The van der Waals surface area contributed by atoms with E-state index in [4.69, 9.17) is 11.6 Å². The molecule has 1 aromatic carbocycles. The Morgan fingerprint density at radius 2 is 2.15 bits per heavy atom. The van der Waals surface area contributed by atoms with Crippen LogP contribution in [0.15, 0.2) is 36.8 Å². The number of aromatic nitrogens is 4. The standard InChI is InChI=1S/C16H14ClFN6O3/c1-10-15(24(26)27)8-23(21-10)9-16(25)20-13-5-19-22(7-13)6-11-2-3-12(18)4-14(11)17/h2-5,7-8H,6,9H2,1H3,(H,20,25). The van der Waals surface area contributed by atoms with Crippen LogP contribution in [0.3, 0.4) is 0 Å². The van der Waals surface area contributed by atoms with Crippen molar-refractivity contribution in [3.63, 3.8) is 0 Å². The second-order valence-corrected chi connectivity index (χ2v) is 6.17. The van der Waals surface area contributed by atoms with Gasteiger partial charge in [-0.25, -0.2) is 4.39 Å². The number of carbonyl (C=O) groups is 1. The normalized spacial score (nSPS) is 10.8. The van der Waals surface area contributed by atoms with Gasteiger partial charge in [0.2, 0.25) is 5.91 Å². The van der Waals surface area contributed by atoms with Crippen molar-refractivity contribution in [1.82, 2.24) is 19.6 Å². The van der Waals surface area contributed by atoms with E-state index >= 15 is 0 Å². The zero-order valence-electron chi connectivity index (χ0n) is 14.1. The van der Waals surface area contributed by atoms with Crippen LogP contribution in [0.4, 0.5) is 15.8 Å². The number of nitro groups is 1. The summed E-state index contributed by atoms with van der Waals surface area (Å²) in [6.07, 6.45) is 4.25. The highest BCUT2D eigenvalue weighted by Crippen LogP contribution is 2.19. The predicted molar refractivity (Wildman–Crippen MR) is 95.0 cm³/mol. The zero-order valence-corrected chi connectivity index (χ0v) is 14.9. The van der Waals surface area contributed by atoms with Gasteiger partial charge < -0.3 is 5.32 Å². The van der Waals surface area contributed by atoms with Crippen LogP contribution < -0.4 is 5.32 Å². The van der Waals surface area contributed by atoms with Gasteiger partial charge in [0.25, 0.3) is 0 Å². The number of rotatable bonds is 6. The van der Waals surface area contributed by atoms with Crippen LogP contribution in [-0.4, -0.2) is 30.4 Å². The Bertz CT molecular complexity index is 1020. The molecule has 3 aromatic rings. The van der Waals surface area contributed by atoms with Gasteiger partial charge in [0, 0.05) is 11.2 Å². The van der Waals surface area contributed by atoms with Crippen molar-refractivity contribution in [3.05, 3.63) is 69.0 Å². The second kappa shape index (κ2) is 7.54. The average molecular weight is 393 g/mol. The van der Waals surface area contributed by atoms with Gasteiger partial charge in [0.05, 0.1) is 23.4 Å². The van der Waals surface area contributed by atoms with Crippen LogP contribution in [0.25, 0.3) is 0 Å². The maximum Gasteiger partial charge on any atom is 0.309 e. The van der Waals surface area contributed by atoms with Gasteiger partial charge in [-0.1, -0.05) is 17.7 Å². The number of anilines is 1. The van der Waals surface area contributed by atoms with E-state index in [-0.39, 0.29) is 22.9 Å². The molecule has 9 nitrogen and oxygen atoms in total. The summed E-state index contributed by atoms with van der Waals surface area (Å²) in [6, 6.07) is 4.08. The van der Waals surface area contributed by atoms with Crippen LogP contribution in [0, 0.1) is 22.9 Å². The third-order valence-corrected chi connectivity index (χ3v) is 4.04. The number of amides is 1. The Morgan fingerprint density at radius 3 is 2.81 bits per heavy atom. The summed E-state index contributed by atoms with van der Waals surface area (Å²) in [4.78, 5) is 22.4. The van der Waals surface area contributed by atoms with Gasteiger partial charge in [-0.3, -0.25) is 24.3 Å². The molecule has 2 aromatic heterocycles. The molecule has 0 saturated carbocycles. The lowest BCUT2D eigenvalue weighted by Crippen LogP contribution is -2.18. The van der Waals surface area contributed by atoms with Gasteiger partial charge in [0.1, 0.15) is 24.3 Å². The lowest BCUT2D eigenvalue weighted by Gasteiger charge is -2.05. The topological polar surface area (TPSA) is 108 Å². The van der Waals surface area contributed by atoms with Crippen LogP contribution >= 0.6 is 11.6 Å². The van der Waals surface area contributed by atoms with E-state index in [0.717, 1.165) is 0 Å². The van der Waals surface area contributed by atoms with Crippen molar-refractivity contribution in [2.75, 3.05) is 5.32 Å². The molecular formula is C16H14ClFN6O3. The predicted octanol–water partition coefficient (Wildman–Crippen LogP) is 2.78. The molecule has 1 N–H and O–H groups in total. The summed E-state index contributed by atoms with van der Waals surface area (Å²) >= 11 is 5.99. The summed E-state index contributed by atoms with van der Waals surface area (Å²) in [5, 5.41) is 21.8. The molecule has 0 bridgehead atoms. The quantitative estimate of drug-likeness (QED) is 0.512. The fourth-order valence-electron chi connectivity index (χ4n) is 2.45. The Balaban J connectivity index is 1.62. The molecule has 0 radical (unpaired) electrons. The summed E-state index contributed by atoms with van der Waals surface area (Å²) < 4.78 is 15.8. The monoisotopic (exact) mass is 392 g/mol. The fraction of sp³-hybridized carbons (Fsp3) is 0.188. The molecule has 11 heteroatoms. The van der Waals surface area contributed by atoms with E-state index in [1.165, 1.54) is 40.8 Å². The molecule has 0 fully saturated rings. The summed E-state index contributed by atoms with van der Waals surface area (Å²) in [5.41, 5.74) is 1.21. The Labute approximate surface area is 157 Å². The van der Waals surface area contributed by atoms with E-state index in [1.54, 1.807) is 12.3 Å². The molecular weight excluding hydrogens is 379 g/mol. The number of nitrogens with zero attached hydrogens (tertiary/aromatic N) is 5. The first-order valence-corrected chi connectivity index (χ1v) is 8.14. The van der Waals surface area contributed by atoms with Gasteiger partial charge in [-0.2, -0.15) is 10.2 Å². The Kier molecular flexibility index (Phi) is 5.17. The van der Waals surface area contributed by atoms with Crippen molar-refractivity contribution >= 4 is 28.9 Å². The number of hydrogen-bond donors (Lipinski definition) is 1. The van der Waals surface area contributed by atoms with E-state index < -0.39 is 16.6 Å². The SMILES string of the molecule is Cc1nn(CC(=O)Nc2cnn(Cc3ccc(F)cc3Cl)c2)cc1[N+](=O)[O-]. The van der Waals surface area contributed by atoms with Gasteiger partial charge >= 0.3 is 5.69 Å². The average Bonchev–Trinajstić information content (AvgIpc) is 3.16. The van der Waals surface area contributed by atoms with E-state index in [9.17, 15) is 19.3 Å². The number of nitrogens with one attached hydrogen (secondary N) is 1. The van der Waals surface area contributed by atoms with Gasteiger partial charge in [-0.05, 0) is 24.6 Å². The third-order valence-electron chi connectivity index (χ3n) is 3.69. The molecule has 3 rings (SSSR count). The first-order valence-electron chi connectivity index (χ1n) is 7.76. The van der Waals surface area contributed by atoms with Crippen LogP contribution in [0.2, 0.25) is 5.02 Å². The summed E-state index contributed by atoms with van der Waals surface area (Å²) in [7, 11) is 0. The molecule has 0 aliphatic rings. The van der Waals surface area contributed by atoms with Crippen molar-refractivity contribution in [1.29, 1.82) is 0 Å². The van der Waals surface area contributed by atoms with Crippen LogP contribution in [0.5, 0.6) is 0 Å². The molecule has 0 saturated heterocycles. The second-order valence-electron chi connectivity index (χ2n) is 5.76. The molecule has 0 unspecified atom stereocenters. The number of hydrogen-bond acceptors (Lipinski definition) is 5. The molecule has 2 heterocycles. The maximum absolute atomic E-state index is 13.1. The first-order chi connectivity index (χ1) is 12.8. The van der Waals surface area contributed by atoms with Gasteiger partial charge in [0.15, 0.2) is 0 Å². The van der Waals surface area contributed by atoms with E-state index in [1.807, 2.05) is 0 Å². The molecule has 0 atom stereocenters. The minimum absolute atomic E-state index is 0.146. The molecule has 0 aliphatic heterocycles. The molecule has 140 valence electrons. The fourth-order valence-corrected chi connectivity index (χ4v) is 2.68. The molecule has 0 aliphatic carbocycles. The Morgan fingerprint density at radius 1 is 1.37 bits per heavy atom. The lowest BCUT2D eigenvalue weighted by atomic mass is 10.2. The minimum Gasteiger partial charge on any atom is -0.322 e. The van der Waals surface area contributed by atoms with Crippen LogP contribution in [-0.2, 0) is 17.9 Å². The minimum atomic E-state index is -0.554. The number of benzene rings is 1. The summed E-state index contributed by atoms with van der Waals surface area (Å²) in [6.45, 7) is 1.63. The van der Waals surface area contributed by atoms with Crippen molar-refractivity contribution in [2.24, 2.45) is 0 Å². The highest BCUT2D eigenvalue weighted by atomic mass is 35.5. The van der Waals surface area contributed by atoms with Crippen molar-refractivity contribution in [2.45, 2.75) is 20.0 Å². The summed E-state index contributed by atoms with van der Waals surface area (Å²) in [5.74, 6) is -0.835. The number of halogens is 2. The first kappa shape index (κ1) is 18.5. The molecule has 0 spiro atoms. The molecule has 27 heavy (non-hydrogen) atoms.